The van der Waals surface area contributed by atoms with Gasteiger partial charge in [0, 0.05) is 19.0 Å². The van der Waals surface area contributed by atoms with Crippen LogP contribution in [-0.4, -0.2) is 45.3 Å². The molecule has 0 bridgehead atoms. The number of aromatic nitrogens is 2. The third-order valence-corrected chi connectivity index (χ3v) is 3.76. The molecule has 0 aliphatic heterocycles. The molecule has 0 unspecified atom stereocenters. The van der Waals surface area contributed by atoms with Crippen molar-refractivity contribution < 1.29 is 14.7 Å². The van der Waals surface area contributed by atoms with Gasteiger partial charge in [-0.05, 0) is 12.5 Å². The number of carbonyl (C=O) groups excluding carboxylic acids is 1. The SMILES string of the molecule is CCCCCn1nc(C(=O)N(C)CC(=O)O)c2ccccc2c1=O. The van der Waals surface area contributed by atoms with E-state index >= 15 is 0 Å². The van der Waals surface area contributed by atoms with Crippen LogP contribution in [0.5, 0.6) is 0 Å². The first kappa shape index (κ1) is 17.7. The molecule has 24 heavy (non-hydrogen) atoms. The van der Waals surface area contributed by atoms with Crippen LogP contribution in [-0.2, 0) is 11.3 Å². The largest absolute Gasteiger partial charge is 0.480 e. The summed E-state index contributed by atoms with van der Waals surface area (Å²) in [5, 5.41) is 13.9. The number of benzene rings is 1. The van der Waals surface area contributed by atoms with E-state index in [1.807, 2.05) is 0 Å². The number of fused-ring (bicyclic) bond motifs is 1. The van der Waals surface area contributed by atoms with Crippen molar-refractivity contribution in [2.75, 3.05) is 13.6 Å². The van der Waals surface area contributed by atoms with Crippen molar-refractivity contribution in [2.24, 2.45) is 0 Å². The Kier molecular flexibility index (Phi) is 5.68. The first-order valence-electron chi connectivity index (χ1n) is 7.92. The van der Waals surface area contributed by atoms with Gasteiger partial charge >= 0.3 is 5.97 Å². The number of carboxylic acid groups (broad SMARTS) is 1. The van der Waals surface area contributed by atoms with E-state index in [4.69, 9.17) is 5.11 Å². The predicted molar refractivity (Wildman–Crippen MR) is 90.1 cm³/mol. The van der Waals surface area contributed by atoms with E-state index in [2.05, 4.69) is 12.0 Å². The first-order valence-corrected chi connectivity index (χ1v) is 7.92. The summed E-state index contributed by atoms with van der Waals surface area (Å²) in [5.74, 6) is -1.62. The fourth-order valence-corrected chi connectivity index (χ4v) is 2.51. The Hall–Kier alpha value is -2.70. The zero-order chi connectivity index (χ0) is 17.7. The minimum atomic E-state index is -1.11. The molecule has 0 saturated heterocycles. The van der Waals surface area contributed by atoms with Crippen LogP contribution in [0.25, 0.3) is 10.8 Å². The summed E-state index contributed by atoms with van der Waals surface area (Å²) < 4.78 is 1.31. The lowest BCUT2D eigenvalue weighted by Crippen LogP contribution is -2.35. The number of aryl methyl sites for hydroxylation is 1. The summed E-state index contributed by atoms with van der Waals surface area (Å²) in [6.45, 7) is 2.07. The zero-order valence-corrected chi connectivity index (χ0v) is 13.9. The van der Waals surface area contributed by atoms with Gasteiger partial charge in [-0.3, -0.25) is 14.4 Å². The summed E-state index contributed by atoms with van der Waals surface area (Å²) in [4.78, 5) is 37.0. The highest BCUT2D eigenvalue weighted by atomic mass is 16.4. The molecule has 1 aromatic heterocycles. The highest BCUT2D eigenvalue weighted by molar-refractivity contribution is 6.05. The average Bonchev–Trinajstić information content (AvgIpc) is 2.56. The molecule has 1 heterocycles. The van der Waals surface area contributed by atoms with Gasteiger partial charge in [0.2, 0.25) is 0 Å². The number of nitrogens with zero attached hydrogens (tertiary/aromatic N) is 3. The third-order valence-electron chi connectivity index (χ3n) is 3.76. The molecule has 0 radical (unpaired) electrons. The standard InChI is InChI=1S/C17H21N3O4/c1-3-4-7-10-20-16(23)13-9-6-5-8-12(13)15(18-20)17(24)19(2)11-14(21)22/h5-6,8-9H,3-4,7,10-11H2,1-2H3,(H,21,22). The van der Waals surface area contributed by atoms with Gasteiger partial charge in [-0.15, -0.1) is 0 Å². The van der Waals surface area contributed by atoms with E-state index in [-0.39, 0.29) is 11.3 Å². The summed E-state index contributed by atoms with van der Waals surface area (Å²) >= 11 is 0. The average molecular weight is 331 g/mol. The third kappa shape index (κ3) is 3.79. The lowest BCUT2D eigenvalue weighted by atomic mass is 10.1. The molecule has 1 amide bonds. The van der Waals surface area contributed by atoms with Crippen molar-refractivity contribution >= 4 is 22.6 Å². The summed E-state index contributed by atoms with van der Waals surface area (Å²) in [6, 6.07) is 6.76. The van der Waals surface area contributed by atoms with Crippen LogP contribution in [0, 0.1) is 0 Å². The molecule has 1 N–H and O–H groups in total. The van der Waals surface area contributed by atoms with Crippen molar-refractivity contribution in [3.05, 3.63) is 40.3 Å². The van der Waals surface area contributed by atoms with E-state index in [9.17, 15) is 14.4 Å². The van der Waals surface area contributed by atoms with Crippen LogP contribution in [0.2, 0.25) is 0 Å². The maximum absolute atomic E-state index is 12.6. The second-order valence-corrected chi connectivity index (χ2v) is 5.68. The Labute approximate surface area is 139 Å². The van der Waals surface area contributed by atoms with Gasteiger partial charge in [0.1, 0.15) is 6.54 Å². The molecule has 0 atom stereocenters. The number of hydrogen-bond acceptors (Lipinski definition) is 4. The Morgan fingerprint density at radius 1 is 1.21 bits per heavy atom. The fourth-order valence-electron chi connectivity index (χ4n) is 2.51. The minimum Gasteiger partial charge on any atom is -0.480 e. The Balaban J connectivity index is 2.51. The van der Waals surface area contributed by atoms with Gasteiger partial charge < -0.3 is 10.0 Å². The van der Waals surface area contributed by atoms with Gasteiger partial charge in [0.15, 0.2) is 5.69 Å². The smallest absolute Gasteiger partial charge is 0.323 e. The molecule has 2 aromatic rings. The van der Waals surface area contributed by atoms with E-state index < -0.39 is 18.4 Å². The second-order valence-electron chi connectivity index (χ2n) is 5.68. The second kappa shape index (κ2) is 7.72. The van der Waals surface area contributed by atoms with Crippen LogP contribution in [0.3, 0.4) is 0 Å². The molecule has 0 aliphatic rings. The number of carboxylic acids is 1. The van der Waals surface area contributed by atoms with Gasteiger partial charge in [0.05, 0.1) is 5.39 Å². The van der Waals surface area contributed by atoms with Crippen molar-refractivity contribution in [3.63, 3.8) is 0 Å². The molecule has 0 aliphatic carbocycles. The Bertz CT molecular complexity index is 813. The molecule has 1 aromatic carbocycles. The predicted octanol–water partition coefficient (Wildman–Crippen LogP) is 1.74. The molecule has 2 rings (SSSR count). The lowest BCUT2D eigenvalue weighted by molar-refractivity contribution is -0.137. The van der Waals surface area contributed by atoms with Crippen LogP contribution in [0.1, 0.15) is 36.7 Å². The molecule has 128 valence electrons. The van der Waals surface area contributed by atoms with Crippen LogP contribution in [0.4, 0.5) is 0 Å². The molecule has 7 nitrogen and oxygen atoms in total. The maximum atomic E-state index is 12.6. The maximum Gasteiger partial charge on any atom is 0.323 e. The monoisotopic (exact) mass is 331 g/mol. The quantitative estimate of drug-likeness (QED) is 0.780. The highest BCUT2D eigenvalue weighted by Crippen LogP contribution is 2.15. The number of rotatable bonds is 7. The summed E-state index contributed by atoms with van der Waals surface area (Å²) in [7, 11) is 1.40. The van der Waals surface area contributed by atoms with Gasteiger partial charge in [-0.2, -0.15) is 5.10 Å². The molecular formula is C17H21N3O4. The van der Waals surface area contributed by atoms with Crippen LogP contribution in [0.15, 0.2) is 29.1 Å². The Morgan fingerprint density at radius 2 is 1.88 bits per heavy atom. The lowest BCUT2D eigenvalue weighted by Gasteiger charge is -2.16. The van der Waals surface area contributed by atoms with E-state index in [0.717, 1.165) is 24.2 Å². The van der Waals surface area contributed by atoms with Crippen molar-refractivity contribution in [2.45, 2.75) is 32.7 Å². The summed E-state index contributed by atoms with van der Waals surface area (Å²) in [5.41, 5.74) is -0.135. The normalized spacial score (nSPS) is 10.8. The van der Waals surface area contributed by atoms with Crippen molar-refractivity contribution in [1.82, 2.24) is 14.7 Å². The van der Waals surface area contributed by atoms with Gasteiger partial charge in [0.25, 0.3) is 11.5 Å². The highest BCUT2D eigenvalue weighted by Gasteiger charge is 2.21. The number of aliphatic carboxylic acids is 1. The number of unbranched alkanes of at least 4 members (excludes halogenated alkanes) is 2. The molecule has 0 saturated carbocycles. The number of carbonyl (C=O) groups is 2. The van der Waals surface area contributed by atoms with E-state index in [1.54, 1.807) is 24.3 Å². The van der Waals surface area contributed by atoms with Crippen LogP contribution < -0.4 is 5.56 Å². The zero-order valence-electron chi connectivity index (χ0n) is 13.9. The van der Waals surface area contributed by atoms with Gasteiger partial charge in [-0.1, -0.05) is 38.0 Å². The number of likely N-dealkylation sites (N-methyl/N-ethyl adjacent to an activating group) is 1. The van der Waals surface area contributed by atoms with Gasteiger partial charge in [-0.25, -0.2) is 4.68 Å². The molecular weight excluding hydrogens is 310 g/mol. The van der Waals surface area contributed by atoms with E-state index in [1.165, 1.54) is 11.7 Å². The molecule has 0 spiro atoms. The van der Waals surface area contributed by atoms with E-state index in [0.29, 0.717) is 17.3 Å². The topological polar surface area (TPSA) is 92.5 Å². The number of hydrogen-bond donors (Lipinski definition) is 1. The first-order chi connectivity index (χ1) is 11.5. The fraction of sp³-hybridized carbons (Fsp3) is 0.412. The Morgan fingerprint density at radius 3 is 2.50 bits per heavy atom. The molecule has 7 heteroatoms. The summed E-state index contributed by atoms with van der Waals surface area (Å²) in [6.07, 6.45) is 2.76. The molecule has 0 fully saturated rings. The van der Waals surface area contributed by atoms with Crippen LogP contribution >= 0.6 is 0 Å². The van der Waals surface area contributed by atoms with Crippen molar-refractivity contribution in [1.29, 1.82) is 0 Å². The number of amides is 1. The minimum absolute atomic E-state index is 0.102. The van der Waals surface area contributed by atoms with Crippen molar-refractivity contribution in [3.8, 4) is 0 Å².